The maximum absolute atomic E-state index is 12.7. The van der Waals surface area contributed by atoms with Gasteiger partial charge in [0, 0.05) is 25.1 Å². The van der Waals surface area contributed by atoms with Gasteiger partial charge in [0.1, 0.15) is 11.6 Å². The van der Waals surface area contributed by atoms with Crippen LogP contribution in [0, 0.1) is 13.8 Å². The van der Waals surface area contributed by atoms with Crippen molar-refractivity contribution in [2.24, 2.45) is 0 Å². The molecule has 37 heavy (non-hydrogen) atoms. The molecule has 0 radical (unpaired) electrons. The number of aryl methyl sites for hydroxylation is 3. The van der Waals surface area contributed by atoms with Gasteiger partial charge in [-0.15, -0.1) is 0 Å². The van der Waals surface area contributed by atoms with Crippen LogP contribution in [-0.4, -0.2) is 42.8 Å². The lowest BCUT2D eigenvalue weighted by Crippen LogP contribution is -2.26. The third kappa shape index (κ3) is 6.23. The smallest absolute Gasteiger partial charge is 0.251 e. The molecule has 0 atom stereocenters. The summed E-state index contributed by atoms with van der Waals surface area (Å²) in [6.07, 6.45) is 2.54. The fourth-order valence-corrected chi connectivity index (χ4v) is 4.51. The molecule has 7 heteroatoms. The Balaban J connectivity index is 1.35. The van der Waals surface area contributed by atoms with Crippen molar-refractivity contribution in [3.05, 3.63) is 83.2 Å². The highest BCUT2D eigenvalue weighted by Crippen LogP contribution is 2.27. The quantitative estimate of drug-likeness (QED) is 0.259. The number of carbonyl (C=O) groups is 1. The number of hydrogen-bond acceptors (Lipinski definition) is 5. The fourth-order valence-electron chi connectivity index (χ4n) is 4.51. The molecule has 0 unspecified atom stereocenters. The van der Waals surface area contributed by atoms with Gasteiger partial charge in [-0.1, -0.05) is 30.3 Å². The molecule has 0 bridgehead atoms. The van der Waals surface area contributed by atoms with Crippen LogP contribution >= 0.6 is 0 Å². The molecule has 4 rings (SSSR count). The van der Waals surface area contributed by atoms with E-state index in [2.05, 4.69) is 48.0 Å². The third-order valence-corrected chi connectivity index (χ3v) is 6.44. The number of unbranched alkanes of at least 4 members (excludes halogenated alkanes) is 1. The maximum Gasteiger partial charge on any atom is 0.251 e. The zero-order chi connectivity index (χ0) is 26.2. The predicted molar refractivity (Wildman–Crippen MR) is 146 cm³/mol. The average Bonchev–Trinajstić information content (AvgIpc) is 3.26. The van der Waals surface area contributed by atoms with E-state index in [1.807, 2.05) is 18.2 Å². The van der Waals surface area contributed by atoms with Crippen molar-refractivity contribution in [2.75, 3.05) is 27.4 Å². The molecule has 3 aromatic carbocycles. The highest BCUT2D eigenvalue weighted by molar-refractivity contribution is 5.94. The molecule has 7 nitrogen and oxygen atoms in total. The minimum atomic E-state index is -0.160. The molecule has 0 aliphatic carbocycles. The van der Waals surface area contributed by atoms with Crippen LogP contribution in [-0.2, 0) is 13.0 Å². The number of carbonyl (C=O) groups excluding carboxylic acids is 1. The van der Waals surface area contributed by atoms with Gasteiger partial charge in [-0.25, -0.2) is 4.98 Å². The Hall–Kier alpha value is -4.00. The van der Waals surface area contributed by atoms with Gasteiger partial charge < -0.3 is 24.1 Å². The van der Waals surface area contributed by atoms with Crippen molar-refractivity contribution in [1.82, 2.24) is 14.9 Å². The number of ether oxygens (including phenoxy) is 3. The van der Waals surface area contributed by atoms with E-state index in [0.717, 1.165) is 53.1 Å². The Kier molecular flexibility index (Phi) is 8.67. The summed E-state index contributed by atoms with van der Waals surface area (Å²) in [6, 6.07) is 19.5. The lowest BCUT2D eigenvalue weighted by molar-refractivity contribution is 0.0953. The maximum atomic E-state index is 12.7. The first-order valence-electron chi connectivity index (χ1n) is 12.6. The molecule has 194 valence electrons. The number of para-hydroxylation sites is 3. The Morgan fingerprint density at radius 1 is 0.919 bits per heavy atom. The van der Waals surface area contributed by atoms with E-state index in [1.165, 1.54) is 0 Å². The highest BCUT2D eigenvalue weighted by atomic mass is 16.5. The Bertz CT molecular complexity index is 1340. The monoisotopic (exact) mass is 501 g/mol. The molecular weight excluding hydrogens is 466 g/mol. The second kappa shape index (κ2) is 12.3. The van der Waals surface area contributed by atoms with E-state index in [4.69, 9.17) is 19.2 Å². The molecule has 1 aromatic heterocycles. The van der Waals surface area contributed by atoms with Crippen LogP contribution in [0.4, 0.5) is 0 Å². The van der Waals surface area contributed by atoms with Crippen molar-refractivity contribution in [3.8, 4) is 17.2 Å². The number of nitrogens with zero attached hydrogens (tertiary/aromatic N) is 2. The molecule has 0 saturated carbocycles. The number of nitrogens with one attached hydrogen (secondary N) is 1. The number of imidazole rings is 1. The first-order chi connectivity index (χ1) is 18.0. The lowest BCUT2D eigenvalue weighted by atomic mass is 10.1. The van der Waals surface area contributed by atoms with Crippen molar-refractivity contribution in [3.63, 3.8) is 0 Å². The van der Waals surface area contributed by atoms with E-state index in [-0.39, 0.29) is 5.91 Å². The normalized spacial score (nSPS) is 10.9. The van der Waals surface area contributed by atoms with Crippen molar-refractivity contribution >= 4 is 16.9 Å². The number of benzene rings is 3. The van der Waals surface area contributed by atoms with Crippen LogP contribution in [0.25, 0.3) is 11.0 Å². The van der Waals surface area contributed by atoms with Crippen LogP contribution < -0.4 is 19.5 Å². The summed E-state index contributed by atoms with van der Waals surface area (Å²) < 4.78 is 18.9. The summed E-state index contributed by atoms with van der Waals surface area (Å²) in [4.78, 5) is 17.6. The lowest BCUT2D eigenvalue weighted by Gasteiger charge is -2.13. The first-order valence-corrected chi connectivity index (χ1v) is 12.6. The number of fused-ring (bicyclic) bond motifs is 1. The standard InChI is InChI=1S/C30H35N3O4/c1-21-10-9-11-22(2)29(21)37-19-8-7-18-33-25-13-6-5-12-24(25)32-28(33)16-17-31-30(34)23-14-15-26(35-3)27(20-23)36-4/h5-6,9-15,20H,7-8,16-19H2,1-4H3,(H,31,34). The molecule has 4 aromatic rings. The second-order valence-electron chi connectivity index (χ2n) is 9.02. The molecule has 1 N–H and O–H groups in total. The van der Waals surface area contributed by atoms with Gasteiger partial charge in [-0.2, -0.15) is 0 Å². The van der Waals surface area contributed by atoms with Gasteiger partial charge in [0.2, 0.25) is 0 Å². The molecule has 0 aliphatic rings. The van der Waals surface area contributed by atoms with E-state index >= 15 is 0 Å². The Labute approximate surface area is 218 Å². The third-order valence-electron chi connectivity index (χ3n) is 6.44. The number of amides is 1. The topological polar surface area (TPSA) is 74.6 Å². The highest BCUT2D eigenvalue weighted by Gasteiger charge is 2.13. The van der Waals surface area contributed by atoms with Crippen LogP contribution in [0.3, 0.4) is 0 Å². The fraction of sp³-hybridized carbons (Fsp3) is 0.333. The Morgan fingerprint density at radius 2 is 1.68 bits per heavy atom. The van der Waals surface area contributed by atoms with Crippen LogP contribution in [0.2, 0.25) is 0 Å². The predicted octanol–water partition coefficient (Wildman–Crippen LogP) is 5.50. The van der Waals surface area contributed by atoms with Crippen LogP contribution in [0.1, 0.15) is 40.2 Å². The molecule has 0 fully saturated rings. The van der Waals surface area contributed by atoms with Gasteiger partial charge in [-0.05, 0) is 68.1 Å². The van der Waals surface area contributed by atoms with Crippen molar-refractivity contribution in [1.29, 1.82) is 0 Å². The van der Waals surface area contributed by atoms with Gasteiger partial charge in [0.05, 0.1) is 31.9 Å². The molecule has 0 aliphatic heterocycles. The van der Waals surface area contributed by atoms with E-state index in [9.17, 15) is 4.79 Å². The summed E-state index contributed by atoms with van der Waals surface area (Å²) >= 11 is 0. The summed E-state index contributed by atoms with van der Waals surface area (Å²) in [6.45, 7) is 6.16. The van der Waals surface area contributed by atoms with E-state index in [0.29, 0.717) is 36.6 Å². The second-order valence-corrected chi connectivity index (χ2v) is 9.02. The average molecular weight is 502 g/mol. The molecule has 0 saturated heterocycles. The summed E-state index contributed by atoms with van der Waals surface area (Å²) in [5.74, 6) is 2.91. The molecule has 0 spiro atoms. The molecule has 1 heterocycles. The van der Waals surface area contributed by atoms with Crippen LogP contribution in [0.5, 0.6) is 17.2 Å². The van der Waals surface area contributed by atoms with Crippen molar-refractivity contribution < 1.29 is 19.0 Å². The number of aromatic nitrogens is 2. The van der Waals surface area contributed by atoms with Gasteiger partial charge in [0.25, 0.3) is 5.91 Å². The molecule has 1 amide bonds. The van der Waals surface area contributed by atoms with Gasteiger partial charge >= 0.3 is 0 Å². The summed E-state index contributed by atoms with van der Waals surface area (Å²) in [7, 11) is 3.13. The van der Waals surface area contributed by atoms with Gasteiger partial charge in [-0.3, -0.25) is 4.79 Å². The zero-order valence-corrected chi connectivity index (χ0v) is 22.0. The summed E-state index contributed by atoms with van der Waals surface area (Å²) in [5.41, 5.74) is 4.93. The van der Waals surface area contributed by atoms with Crippen LogP contribution in [0.15, 0.2) is 60.7 Å². The SMILES string of the molecule is COc1ccc(C(=O)NCCc2nc3ccccc3n2CCCCOc2c(C)cccc2C)cc1OC. The summed E-state index contributed by atoms with van der Waals surface area (Å²) in [5, 5.41) is 3.00. The van der Waals surface area contributed by atoms with Gasteiger partial charge in [0.15, 0.2) is 11.5 Å². The Morgan fingerprint density at radius 3 is 2.43 bits per heavy atom. The number of hydrogen-bond donors (Lipinski definition) is 1. The minimum absolute atomic E-state index is 0.160. The molecular formula is C30H35N3O4. The van der Waals surface area contributed by atoms with E-state index < -0.39 is 0 Å². The number of methoxy groups -OCH3 is 2. The largest absolute Gasteiger partial charge is 0.493 e. The minimum Gasteiger partial charge on any atom is -0.493 e. The zero-order valence-electron chi connectivity index (χ0n) is 22.0. The van der Waals surface area contributed by atoms with E-state index in [1.54, 1.807) is 32.4 Å². The van der Waals surface area contributed by atoms with Crippen molar-refractivity contribution in [2.45, 2.75) is 39.7 Å². The first kappa shape index (κ1) is 26.1. The number of rotatable bonds is 12.